The molecule has 0 saturated heterocycles. The molecule has 0 saturated carbocycles. The molecule has 0 aliphatic rings. The van der Waals surface area contributed by atoms with Crippen molar-refractivity contribution in [1.29, 1.82) is 0 Å². The first-order valence-corrected chi connectivity index (χ1v) is 9.51. The van der Waals surface area contributed by atoms with E-state index >= 15 is 0 Å². The fourth-order valence-corrected chi connectivity index (χ4v) is 3.13. The van der Waals surface area contributed by atoms with Gasteiger partial charge in [0.15, 0.2) is 0 Å². The van der Waals surface area contributed by atoms with Crippen molar-refractivity contribution in [1.82, 2.24) is 9.97 Å². The number of hydrogen-bond donors (Lipinski definition) is 2. The number of rotatable bonds is 6. The fourth-order valence-electron chi connectivity index (χ4n) is 3.13. The Hall–Kier alpha value is -3.28. The molecule has 0 radical (unpaired) electrons. The third-order valence-corrected chi connectivity index (χ3v) is 4.51. The van der Waals surface area contributed by atoms with Gasteiger partial charge >= 0.3 is 0 Å². The number of hydrogen-bond acceptors (Lipinski definition) is 6. The molecule has 2 aromatic carbocycles. The number of nitrogens with zero attached hydrogens (tertiary/aromatic N) is 2. The van der Waals surface area contributed by atoms with E-state index in [0.717, 1.165) is 22.9 Å². The van der Waals surface area contributed by atoms with Gasteiger partial charge in [0.05, 0.1) is 19.9 Å². The Labute approximate surface area is 172 Å². The van der Waals surface area contributed by atoms with E-state index in [1.54, 1.807) is 14.2 Å². The smallest absolute Gasteiger partial charge is 0.142 e. The molecular formula is C23H28N4O2. The first-order valence-electron chi connectivity index (χ1n) is 9.51. The minimum absolute atomic E-state index is 0.0146. The predicted octanol–water partition coefficient (Wildman–Crippen LogP) is 5.59. The molecule has 0 aliphatic carbocycles. The summed E-state index contributed by atoms with van der Waals surface area (Å²) in [5, 5.41) is 6.76. The second-order valence-electron chi connectivity index (χ2n) is 7.80. The Morgan fingerprint density at radius 2 is 1.45 bits per heavy atom. The van der Waals surface area contributed by atoms with Crippen LogP contribution >= 0.6 is 0 Å². The summed E-state index contributed by atoms with van der Waals surface area (Å²) in [4.78, 5) is 9.07. The van der Waals surface area contributed by atoms with Gasteiger partial charge in [-0.15, -0.1) is 0 Å². The van der Waals surface area contributed by atoms with Crippen LogP contribution < -0.4 is 20.1 Å². The maximum Gasteiger partial charge on any atom is 0.142 e. The monoisotopic (exact) mass is 392 g/mol. The zero-order chi connectivity index (χ0) is 21.0. The van der Waals surface area contributed by atoms with E-state index in [1.807, 2.05) is 37.3 Å². The topological polar surface area (TPSA) is 68.3 Å². The molecule has 0 spiro atoms. The highest BCUT2D eigenvalue weighted by Gasteiger charge is 2.18. The van der Waals surface area contributed by atoms with E-state index in [2.05, 4.69) is 59.6 Å². The van der Waals surface area contributed by atoms with Gasteiger partial charge in [-0.3, -0.25) is 0 Å². The van der Waals surface area contributed by atoms with Crippen LogP contribution in [-0.2, 0) is 5.41 Å². The summed E-state index contributed by atoms with van der Waals surface area (Å²) in [6.07, 6.45) is 0. The number of para-hydroxylation sites is 1. The largest absolute Gasteiger partial charge is 0.497 e. The molecule has 2 N–H and O–H groups in total. The number of nitrogens with one attached hydrogen (secondary N) is 2. The minimum atomic E-state index is 0.0146. The SMILES string of the molecule is COc1ccc(OC)c(Nc2cc(Nc3ccccc3C(C)(C)C)nc(C)n2)c1. The predicted molar refractivity (Wildman–Crippen MR) is 118 cm³/mol. The van der Waals surface area contributed by atoms with E-state index in [1.165, 1.54) is 5.56 Å². The van der Waals surface area contributed by atoms with Crippen LogP contribution in [0.15, 0.2) is 48.5 Å². The van der Waals surface area contributed by atoms with E-state index < -0.39 is 0 Å². The maximum atomic E-state index is 5.45. The van der Waals surface area contributed by atoms with Crippen molar-refractivity contribution in [3.8, 4) is 11.5 Å². The van der Waals surface area contributed by atoms with Gasteiger partial charge in [-0.25, -0.2) is 9.97 Å². The van der Waals surface area contributed by atoms with Crippen molar-refractivity contribution < 1.29 is 9.47 Å². The van der Waals surface area contributed by atoms with Crippen LogP contribution in [0, 0.1) is 6.92 Å². The first kappa shape index (κ1) is 20.5. The van der Waals surface area contributed by atoms with Gasteiger partial charge in [0.25, 0.3) is 0 Å². The lowest BCUT2D eigenvalue weighted by Crippen LogP contribution is -2.14. The van der Waals surface area contributed by atoms with E-state index in [9.17, 15) is 0 Å². The average Bonchev–Trinajstić information content (AvgIpc) is 2.67. The normalized spacial score (nSPS) is 11.1. The molecule has 0 amide bonds. The molecule has 0 bridgehead atoms. The third kappa shape index (κ3) is 4.96. The summed E-state index contributed by atoms with van der Waals surface area (Å²) in [6, 6.07) is 15.7. The number of benzene rings is 2. The molecule has 1 aromatic heterocycles. The lowest BCUT2D eigenvalue weighted by atomic mass is 9.86. The quantitative estimate of drug-likeness (QED) is 0.570. The van der Waals surface area contributed by atoms with Gasteiger partial charge in [0, 0.05) is 17.8 Å². The molecule has 29 heavy (non-hydrogen) atoms. The molecule has 0 fully saturated rings. The summed E-state index contributed by atoms with van der Waals surface area (Å²) in [6.45, 7) is 8.46. The minimum Gasteiger partial charge on any atom is -0.497 e. The summed E-state index contributed by atoms with van der Waals surface area (Å²) >= 11 is 0. The van der Waals surface area contributed by atoms with Crippen molar-refractivity contribution in [3.63, 3.8) is 0 Å². The molecule has 152 valence electrons. The van der Waals surface area contributed by atoms with Gasteiger partial charge in [0.1, 0.15) is 29.0 Å². The molecule has 0 unspecified atom stereocenters. The summed E-state index contributed by atoms with van der Waals surface area (Å²) < 4.78 is 10.8. The van der Waals surface area contributed by atoms with Crippen LogP contribution in [0.1, 0.15) is 32.2 Å². The molecule has 6 nitrogen and oxygen atoms in total. The van der Waals surface area contributed by atoms with Crippen LogP contribution in [0.25, 0.3) is 0 Å². The summed E-state index contributed by atoms with van der Waals surface area (Å²) in [5.74, 6) is 3.48. The van der Waals surface area contributed by atoms with Gasteiger partial charge in [0.2, 0.25) is 0 Å². The van der Waals surface area contributed by atoms with Gasteiger partial charge < -0.3 is 20.1 Å². The average molecular weight is 393 g/mol. The van der Waals surface area contributed by atoms with Crippen LogP contribution in [0.5, 0.6) is 11.5 Å². The highest BCUT2D eigenvalue weighted by molar-refractivity contribution is 5.69. The first-order chi connectivity index (χ1) is 13.8. The zero-order valence-electron chi connectivity index (χ0n) is 17.8. The summed E-state index contributed by atoms with van der Waals surface area (Å²) in [7, 11) is 3.27. The molecule has 0 aliphatic heterocycles. The highest BCUT2D eigenvalue weighted by atomic mass is 16.5. The van der Waals surface area contributed by atoms with Crippen molar-refractivity contribution in [2.75, 3.05) is 24.9 Å². The van der Waals surface area contributed by atoms with E-state index in [4.69, 9.17) is 9.47 Å². The standard InChI is InChI=1S/C23H28N4O2/c1-15-24-21(26-18-10-8-7-9-17(18)23(2,3)4)14-22(25-15)27-19-13-16(28-5)11-12-20(19)29-6/h7-14H,1-6H3,(H2,24,25,26,27). The van der Waals surface area contributed by atoms with Crippen LogP contribution in [0.2, 0.25) is 0 Å². The second-order valence-corrected chi connectivity index (χ2v) is 7.80. The van der Waals surface area contributed by atoms with Gasteiger partial charge in [-0.2, -0.15) is 0 Å². The Morgan fingerprint density at radius 1 is 0.793 bits per heavy atom. The molecule has 1 heterocycles. The Bertz CT molecular complexity index is 996. The van der Waals surface area contributed by atoms with Crippen molar-refractivity contribution >= 4 is 23.0 Å². The number of methoxy groups -OCH3 is 2. The van der Waals surface area contributed by atoms with Crippen molar-refractivity contribution in [3.05, 3.63) is 59.9 Å². The van der Waals surface area contributed by atoms with Gasteiger partial charge in [-0.05, 0) is 36.1 Å². The summed E-state index contributed by atoms with van der Waals surface area (Å²) in [5.41, 5.74) is 3.04. The van der Waals surface area contributed by atoms with Crippen LogP contribution in [-0.4, -0.2) is 24.2 Å². The fraction of sp³-hybridized carbons (Fsp3) is 0.304. The van der Waals surface area contributed by atoms with E-state index in [-0.39, 0.29) is 5.41 Å². The second kappa shape index (κ2) is 8.39. The Morgan fingerprint density at radius 3 is 2.07 bits per heavy atom. The van der Waals surface area contributed by atoms with Crippen LogP contribution in [0.4, 0.5) is 23.0 Å². The lowest BCUT2D eigenvalue weighted by Gasteiger charge is -2.23. The van der Waals surface area contributed by atoms with Crippen molar-refractivity contribution in [2.45, 2.75) is 33.1 Å². The number of anilines is 4. The lowest BCUT2D eigenvalue weighted by molar-refractivity contribution is 0.405. The molecule has 3 rings (SSSR count). The molecule has 3 aromatic rings. The third-order valence-electron chi connectivity index (χ3n) is 4.51. The maximum absolute atomic E-state index is 5.45. The Balaban J connectivity index is 1.93. The molecular weight excluding hydrogens is 364 g/mol. The number of aromatic nitrogens is 2. The Kier molecular flexibility index (Phi) is 5.92. The number of ether oxygens (including phenoxy) is 2. The van der Waals surface area contributed by atoms with Crippen molar-refractivity contribution in [2.24, 2.45) is 0 Å². The van der Waals surface area contributed by atoms with E-state index in [0.29, 0.717) is 17.4 Å². The number of aryl methyl sites for hydroxylation is 1. The molecule has 6 heteroatoms. The molecule has 0 atom stereocenters. The highest BCUT2D eigenvalue weighted by Crippen LogP contribution is 2.33. The van der Waals surface area contributed by atoms with Gasteiger partial charge in [-0.1, -0.05) is 39.0 Å². The zero-order valence-corrected chi connectivity index (χ0v) is 17.8. The van der Waals surface area contributed by atoms with Crippen LogP contribution in [0.3, 0.4) is 0 Å².